The molecule has 0 saturated carbocycles. The Balaban J connectivity index is 1.67. The third-order valence-corrected chi connectivity index (χ3v) is 4.13. The number of para-hydroxylation sites is 1. The molecule has 1 aliphatic rings. The number of benzene rings is 1. The lowest BCUT2D eigenvalue weighted by Gasteiger charge is -2.21. The molecule has 3 rings (SSSR count). The van der Waals surface area contributed by atoms with E-state index in [1.54, 1.807) is 0 Å². The van der Waals surface area contributed by atoms with Crippen LogP contribution < -0.4 is 5.32 Å². The first-order valence-electron chi connectivity index (χ1n) is 7.60. The first kappa shape index (κ1) is 14.0. The van der Waals surface area contributed by atoms with Crippen LogP contribution in [0.25, 0.3) is 10.9 Å². The first-order valence-corrected chi connectivity index (χ1v) is 7.60. The molecule has 1 aromatic carbocycles. The minimum Gasteiger partial charge on any atom is -0.341 e. The summed E-state index contributed by atoms with van der Waals surface area (Å²) in [6.45, 7) is 4.44. The summed E-state index contributed by atoms with van der Waals surface area (Å²) in [6.07, 6.45) is 4.09. The summed E-state index contributed by atoms with van der Waals surface area (Å²) >= 11 is 0. The molecule has 21 heavy (non-hydrogen) atoms. The molecule has 1 N–H and O–H groups in total. The molecular formula is C17H21N3O. The fourth-order valence-electron chi connectivity index (χ4n) is 2.87. The van der Waals surface area contributed by atoms with E-state index < -0.39 is 0 Å². The van der Waals surface area contributed by atoms with Crippen molar-refractivity contribution in [2.75, 3.05) is 13.1 Å². The van der Waals surface area contributed by atoms with Crippen molar-refractivity contribution in [3.8, 4) is 0 Å². The van der Waals surface area contributed by atoms with Crippen molar-refractivity contribution >= 4 is 16.8 Å². The number of likely N-dealkylation sites (tertiary alicyclic amines) is 1. The van der Waals surface area contributed by atoms with Crippen molar-refractivity contribution in [1.29, 1.82) is 0 Å². The zero-order chi connectivity index (χ0) is 14.7. The van der Waals surface area contributed by atoms with Crippen LogP contribution in [0, 0.1) is 0 Å². The van der Waals surface area contributed by atoms with Gasteiger partial charge >= 0.3 is 0 Å². The number of carbonyl (C=O) groups excluding carboxylic acids is 1. The molecule has 0 radical (unpaired) electrons. The van der Waals surface area contributed by atoms with Crippen LogP contribution in [-0.2, 0) is 11.3 Å². The maximum Gasteiger partial charge on any atom is 0.239 e. The Labute approximate surface area is 125 Å². The van der Waals surface area contributed by atoms with Gasteiger partial charge in [-0.05, 0) is 37.5 Å². The second kappa shape index (κ2) is 6.22. The highest BCUT2D eigenvalue weighted by molar-refractivity contribution is 5.83. The second-order valence-corrected chi connectivity index (χ2v) is 5.62. The van der Waals surface area contributed by atoms with E-state index >= 15 is 0 Å². The molecule has 0 aliphatic carbocycles. The zero-order valence-corrected chi connectivity index (χ0v) is 12.4. The highest BCUT2D eigenvalue weighted by Gasteiger charge is 2.22. The highest BCUT2D eigenvalue weighted by atomic mass is 16.2. The summed E-state index contributed by atoms with van der Waals surface area (Å²) in [7, 11) is 0. The lowest BCUT2D eigenvalue weighted by Crippen LogP contribution is -2.43. The fraction of sp³-hybridized carbons (Fsp3) is 0.412. The van der Waals surface area contributed by atoms with Gasteiger partial charge in [0.1, 0.15) is 0 Å². The standard InChI is InChI=1S/C17H21N3O/c1-13(17(21)20-10-4-5-11-20)19-12-14-8-9-18-16-7-3-2-6-15(14)16/h2-3,6-9,13,19H,4-5,10-12H2,1H3. The Hall–Kier alpha value is -1.94. The van der Waals surface area contributed by atoms with Gasteiger partial charge in [0, 0.05) is 31.2 Å². The molecule has 1 aromatic heterocycles. The number of hydrogen-bond donors (Lipinski definition) is 1. The molecule has 0 bridgehead atoms. The molecule has 2 heterocycles. The van der Waals surface area contributed by atoms with Crippen molar-refractivity contribution in [2.24, 2.45) is 0 Å². The van der Waals surface area contributed by atoms with Gasteiger partial charge in [0.2, 0.25) is 5.91 Å². The maximum atomic E-state index is 12.3. The fourth-order valence-corrected chi connectivity index (χ4v) is 2.87. The van der Waals surface area contributed by atoms with Crippen LogP contribution in [0.1, 0.15) is 25.3 Å². The predicted molar refractivity (Wildman–Crippen MR) is 83.9 cm³/mol. The van der Waals surface area contributed by atoms with Crippen LogP contribution in [-0.4, -0.2) is 34.9 Å². The second-order valence-electron chi connectivity index (χ2n) is 5.62. The number of amides is 1. The number of aromatic nitrogens is 1. The molecule has 1 amide bonds. The van der Waals surface area contributed by atoms with Crippen molar-refractivity contribution in [2.45, 2.75) is 32.4 Å². The van der Waals surface area contributed by atoms with Crippen LogP contribution >= 0.6 is 0 Å². The predicted octanol–water partition coefficient (Wildman–Crippen LogP) is 2.34. The van der Waals surface area contributed by atoms with Crippen molar-refractivity contribution in [3.05, 3.63) is 42.1 Å². The van der Waals surface area contributed by atoms with E-state index in [9.17, 15) is 4.79 Å². The van der Waals surface area contributed by atoms with Gasteiger partial charge in [-0.3, -0.25) is 9.78 Å². The molecule has 1 atom stereocenters. The van der Waals surface area contributed by atoms with Crippen molar-refractivity contribution in [3.63, 3.8) is 0 Å². The number of carbonyl (C=O) groups is 1. The summed E-state index contributed by atoms with van der Waals surface area (Å²) < 4.78 is 0. The average molecular weight is 283 g/mol. The largest absolute Gasteiger partial charge is 0.341 e. The highest BCUT2D eigenvalue weighted by Crippen LogP contribution is 2.16. The maximum absolute atomic E-state index is 12.3. The van der Waals surface area contributed by atoms with Gasteiger partial charge in [0.05, 0.1) is 11.6 Å². The Morgan fingerprint density at radius 2 is 2.05 bits per heavy atom. The molecule has 1 saturated heterocycles. The van der Waals surface area contributed by atoms with E-state index in [4.69, 9.17) is 0 Å². The zero-order valence-electron chi connectivity index (χ0n) is 12.4. The number of rotatable bonds is 4. The SMILES string of the molecule is CC(NCc1ccnc2ccccc12)C(=O)N1CCCC1. The van der Waals surface area contributed by atoms with Gasteiger partial charge < -0.3 is 10.2 Å². The first-order chi connectivity index (χ1) is 10.3. The van der Waals surface area contributed by atoms with E-state index in [0.29, 0.717) is 6.54 Å². The van der Waals surface area contributed by atoms with Gasteiger partial charge in [0.25, 0.3) is 0 Å². The van der Waals surface area contributed by atoms with Crippen LogP contribution in [0.3, 0.4) is 0 Å². The normalized spacial score (nSPS) is 16.3. The molecular weight excluding hydrogens is 262 g/mol. The Morgan fingerprint density at radius 3 is 2.86 bits per heavy atom. The molecule has 110 valence electrons. The van der Waals surface area contributed by atoms with Crippen LogP contribution in [0.15, 0.2) is 36.5 Å². The summed E-state index contributed by atoms with van der Waals surface area (Å²) in [5.74, 6) is 0.214. The molecule has 2 aromatic rings. The summed E-state index contributed by atoms with van der Waals surface area (Å²) in [4.78, 5) is 18.6. The van der Waals surface area contributed by atoms with E-state index in [-0.39, 0.29) is 11.9 Å². The number of pyridine rings is 1. The van der Waals surface area contributed by atoms with Crippen molar-refractivity contribution in [1.82, 2.24) is 15.2 Å². The van der Waals surface area contributed by atoms with Crippen molar-refractivity contribution < 1.29 is 4.79 Å². The van der Waals surface area contributed by atoms with Gasteiger partial charge in [-0.2, -0.15) is 0 Å². The van der Waals surface area contributed by atoms with Gasteiger partial charge in [-0.15, -0.1) is 0 Å². The summed E-state index contributed by atoms with van der Waals surface area (Å²) in [5.41, 5.74) is 2.18. The lowest BCUT2D eigenvalue weighted by atomic mass is 10.1. The quantitative estimate of drug-likeness (QED) is 0.936. The molecule has 1 fully saturated rings. The van der Waals surface area contributed by atoms with E-state index in [1.807, 2.05) is 42.3 Å². The van der Waals surface area contributed by atoms with Crippen LogP contribution in [0.2, 0.25) is 0 Å². The molecule has 4 heteroatoms. The number of nitrogens with one attached hydrogen (secondary N) is 1. The summed E-state index contributed by atoms with van der Waals surface area (Å²) in [6, 6.07) is 9.97. The minimum absolute atomic E-state index is 0.143. The molecule has 1 aliphatic heterocycles. The average Bonchev–Trinajstić information content (AvgIpc) is 3.06. The smallest absolute Gasteiger partial charge is 0.239 e. The third-order valence-electron chi connectivity index (χ3n) is 4.13. The van der Waals surface area contributed by atoms with Gasteiger partial charge in [0.15, 0.2) is 0 Å². The van der Waals surface area contributed by atoms with Gasteiger partial charge in [-0.25, -0.2) is 0 Å². The Bertz CT molecular complexity index is 629. The number of fused-ring (bicyclic) bond motifs is 1. The van der Waals surface area contributed by atoms with E-state index in [0.717, 1.165) is 36.8 Å². The Morgan fingerprint density at radius 1 is 1.29 bits per heavy atom. The third kappa shape index (κ3) is 3.05. The van der Waals surface area contributed by atoms with E-state index in [2.05, 4.69) is 16.4 Å². The van der Waals surface area contributed by atoms with Crippen LogP contribution in [0.5, 0.6) is 0 Å². The molecule has 0 spiro atoms. The molecule has 4 nitrogen and oxygen atoms in total. The number of hydrogen-bond acceptors (Lipinski definition) is 3. The monoisotopic (exact) mass is 283 g/mol. The lowest BCUT2D eigenvalue weighted by molar-refractivity contribution is -0.131. The minimum atomic E-state index is -0.143. The molecule has 1 unspecified atom stereocenters. The van der Waals surface area contributed by atoms with E-state index in [1.165, 1.54) is 5.56 Å². The van der Waals surface area contributed by atoms with Crippen LogP contribution in [0.4, 0.5) is 0 Å². The topological polar surface area (TPSA) is 45.2 Å². The Kier molecular flexibility index (Phi) is 4.15. The summed E-state index contributed by atoms with van der Waals surface area (Å²) in [5, 5.41) is 4.50. The number of nitrogens with zero attached hydrogens (tertiary/aromatic N) is 2. The van der Waals surface area contributed by atoms with Gasteiger partial charge in [-0.1, -0.05) is 18.2 Å².